The Labute approximate surface area is 232 Å². The molecular weight excluding hydrogens is 581 g/mol. The highest BCUT2D eigenvalue weighted by atomic mass is 79.9. The van der Waals surface area contributed by atoms with E-state index in [1.807, 2.05) is 48.5 Å². The molecule has 3 aromatic carbocycles. The molecule has 0 saturated carbocycles. The van der Waals surface area contributed by atoms with Crippen molar-refractivity contribution in [1.82, 2.24) is 4.90 Å². The maximum atomic E-state index is 13.7. The van der Waals surface area contributed by atoms with Crippen LogP contribution in [0, 0.1) is 10.1 Å². The summed E-state index contributed by atoms with van der Waals surface area (Å²) < 4.78 is 7.03. The van der Waals surface area contributed by atoms with Crippen LogP contribution in [-0.2, 0) is 16.9 Å². The molecule has 37 heavy (non-hydrogen) atoms. The van der Waals surface area contributed by atoms with Crippen molar-refractivity contribution in [3.63, 3.8) is 0 Å². The van der Waals surface area contributed by atoms with E-state index in [-0.39, 0.29) is 23.5 Å². The van der Waals surface area contributed by atoms with Crippen molar-refractivity contribution < 1.29 is 14.5 Å². The van der Waals surface area contributed by atoms with Gasteiger partial charge >= 0.3 is 0 Å². The van der Waals surface area contributed by atoms with Crippen molar-refractivity contribution >= 4 is 50.7 Å². The average molecular weight is 603 g/mol. The Morgan fingerprint density at radius 3 is 2.73 bits per heavy atom. The lowest BCUT2D eigenvalue weighted by molar-refractivity contribution is -0.534. The Hall–Kier alpha value is -2.65. The minimum absolute atomic E-state index is 0.186. The molecule has 1 N–H and O–H groups in total. The summed E-state index contributed by atoms with van der Waals surface area (Å²) in [6.45, 7) is 0.824. The summed E-state index contributed by atoms with van der Waals surface area (Å²) in [6, 6.07) is 16.8. The van der Waals surface area contributed by atoms with Crippen molar-refractivity contribution in [3.8, 4) is 5.75 Å². The molecule has 3 aliphatic heterocycles. The van der Waals surface area contributed by atoms with Crippen LogP contribution in [0.15, 0.2) is 65.1 Å². The Morgan fingerprint density at radius 1 is 1.14 bits per heavy atom. The topological polar surface area (TPSA) is 84.7 Å². The van der Waals surface area contributed by atoms with Gasteiger partial charge in [0.15, 0.2) is 5.54 Å². The number of benzene rings is 3. The van der Waals surface area contributed by atoms with Gasteiger partial charge in [0.25, 0.3) is 11.9 Å². The summed E-state index contributed by atoms with van der Waals surface area (Å²) in [5, 5.41) is 16.7. The first-order valence-corrected chi connectivity index (χ1v) is 13.5. The summed E-state index contributed by atoms with van der Waals surface area (Å²) >= 11 is 15.8. The van der Waals surface area contributed by atoms with E-state index in [9.17, 15) is 14.9 Å². The molecule has 4 atom stereocenters. The molecule has 3 aliphatic rings. The van der Waals surface area contributed by atoms with E-state index < -0.39 is 17.5 Å². The van der Waals surface area contributed by atoms with Gasteiger partial charge in [0, 0.05) is 38.8 Å². The molecule has 7 nitrogen and oxygen atoms in total. The molecule has 0 unspecified atom stereocenters. The van der Waals surface area contributed by atoms with Crippen molar-refractivity contribution in [2.45, 2.75) is 43.0 Å². The van der Waals surface area contributed by atoms with Crippen LogP contribution in [-0.4, -0.2) is 34.4 Å². The number of hydrogen-bond acceptors (Lipinski definition) is 5. The number of hydrogen-bond donors (Lipinski definition) is 1. The fourth-order valence-corrected chi connectivity index (χ4v) is 7.15. The molecule has 2 fully saturated rings. The molecule has 0 radical (unpaired) electrons. The van der Waals surface area contributed by atoms with E-state index in [0.717, 1.165) is 22.9 Å². The number of halogens is 3. The summed E-state index contributed by atoms with van der Waals surface area (Å²) in [5.74, 6) is -0.351. The first-order chi connectivity index (χ1) is 17.8. The van der Waals surface area contributed by atoms with E-state index in [1.54, 1.807) is 12.1 Å². The number of rotatable bonds is 5. The smallest absolute Gasteiger partial charge is 0.256 e. The maximum Gasteiger partial charge on any atom is 0.256 e. The lowest BCUT2D eigenvalue weighted by atomic mass is 9.77. The summed E-state index contributed by atoms with van der Waals surface area (Å²) in [6.07, 6.45) is 1.61. The van der Waals surface area contributed by atoms with Gasteiger partial charge in [-0.1, -0.05) is 63.4 Å². The van der Waals surface area contributed by atoms with Gasteiger partial charge in [-0.25, -0.2) is 0 Å². The molecule has 6 rings (SSSR count). The molecule has 1 spiro atoms. The zero-order valence-corrected chi connectivity index (χ0v) is 22.6. The van der Waals surface area contributed by atoms with Crippen molar-refractivity contribution in [3.05, 3.63) is 102 Å². The summed E-state index contributed by atoms with van der Waals surface area (Å²) in [7, 11) is 0. The van der Waals surface area contributed by atoms with E-state index in [2.05, 4.69) is 26.1 Å². The number of ether oxygens (including phenoxy) is 1. The molecule has 0 bridgehead atoms. The third-order valence-electron chi connectivity index (χ3n) is 7.80. The van der Waals surface area contributed by atoms with Crippen molar-refractivity contribution in [2.24, 2.45) is 0 Å². The predicted molar refractivity (Wildman–Crippen MR) is 145 cm³/mol. The molecule has 2 saturated heterocycles. The molecular formula is C27H22BrCl2N3O4. The van der Waals surface area contributed by atoms with Crippen LogP contribution in [0.1, 0.15) is 35.4 Å². The molecule has 10 heteroatoms. The van der Waals surface area contributed by atoms with Crippen LogP contribution in [0.25, 0.3) is 0 Å². The number of nitro groups is 1. The molecule has 190 valence electrons. The number of fused-ring (bicyclic) bond motifs is 4. The molecule has 0 aliphatic carbocycles. The van der Waals surface area contributed by atoms with E-state index in [0.29, 0.717) is 39.2 Å². The quantitative estimate of drug-likeness (QED) is 0.270. The number of anilines is 1. The second kappa shape index (κ2) is 9.27. The Morgan fingerprint density at radius 2 is 1.95 bits per heavy atom. The van der Waals surface area contributed by atoms with Gasteiger partial charge in [-0.15, -0.1) is 0 Å². The summed E-state index contributed by atoms with van der Waals surface area (Å²) in [4.78, 5) is 28.4. The third kappa shape index (κ3) is 3.76. The number of nitrogens with zero attached hydrogens (tertiary/aromatic N) is 2. The summed E-state index contributed by atoms with van der Waals surface area (Å²) in [5.41, 5.74) is 1.46. The van der Waals surface area contributed by atoms with Crippen LogP contribution in [0.5, 0.6) is 5.75 Å². The second-order valence-electron chi connectivity index (χ2n) is 9.64. The standard InChI is InChI=1S/C27H22BrCl2N3O4/c28-16-8-10-23(37-14-15-7-9-19(29)20(30)12-15)17(13-16)24-22-6-3-11-32(22)27(25(24)33(35)36)18-4-1-2-5-21(18)31-26(27)34/h1-2,4-5,7-10,12-13,22,24-25H,3,6,11,14H2,(H,31,34)/t22-,24+,25-,27+/m1/s1. The highest BCUT2D eigenvalue weighted by molar-refractivity contribution is 9.10. The van der Waals surface area contributed by atoms with E-state index in [1.165, 1.54) is 0 Å². The van der Waals surface area contributed by atoms with Gasteiger partial charge in [0.1, 0.15) is 12.4 Å². The van der Waals surface area contributed by atoms with Crippen LogP contribution in [0.2, 0.25) is 10.0 Å². The lowest BCUT2D eigenvalue weighted by Gasteiger charge is -2.32. The number of nitrogens with one attached hydrogen (secondary N) is 1. The molecule has 0 aromatic heterocycles. The second-order valence-corrected chi connectivity index (χ2v) is 11.4. The van der Waals surface area contributed by atoms with Crippen molar-refractivity contribution in [1.29, 1.82) is 0 Å². The van der Waals surface area contributed by atoms with Crippen LogP contribution < -0.4 is 10.1 Å². The van der Waals surface area contributed by atoms with Gasteiger partial charge in [-0.2, -0.15) is 0 Å². The van der Waals surface area contributed by atoms with Gasteiger partial charge in [0.2, 0.25) is 0 Å². The van der Waals surface area contributed by atoms with Crippen LogP contribution in [0.3, 0.4) is 0 Å². The van der Waals surface area contributed by atoms with E-state index in [4.69, 9.17) is 27.9 Å². The minimum atomic E-state index is -1.38. The zero-order chi connectivity index (χ0) is 25.9. The van der Waals surface area contributed by atoms with Gasteiger partial charge < -0.3 is 10.1 Å². The van der Waals surface area contributed by atoms with Crippen molar-refractivity contribution in [2.75, 3.05) is 11.9 Å². The first-order valence-electron chi connectivity index (χ1n) is 12.0. The Balaban J connectivity index is 1.46. The SMILES string of the molecule is O=C1Nc2ccccc2[C@]12[C@H]([N+](=O)[O-])[C@@H](c1cc(Br)ccc1OCc1ccc(Cl)c(Cl)c1)[C@H]1CCCN12. The number of amides is 1. The largest absolute Gasteiger partial charge is 0.489 e. The fraction of sp³-hybridized carbons (Fsp3) is 0.296. The number of carbonyl (C=O) groups is 1. The zero-order valence-electron chi connectivity index (χ0n) is 19.5. The maximum absolute atomic E-state index is 13.7. The average Bonchev–Trinajstić information content (AvgIpc) is 3.53. The van der Waals surface area contributed by atoms with Gasteiger partial charge in [0.05, 0.1) is 16.0 Å². The predicted octanol–water partition coefficient (Wildman–Crippen LogP) is 6.39. The van der Waals surface area contributed by atoms with Crippen LogP contribution >= 0.6 is 39.1 Å². The third-order valence-corrected chi connectivity index (χ3v) is 9.04. The fourth-order valence-electron chi connectivity index (χ4n) is 6.45. The van der Waals surface area contributed by atoms with Gasteiger partial charge in [-0.05, 0) is 54.8 Å². The minimum Gasteiger partial charge on any atom is -0.489 e. The molecule has 3 heterocycles. The first kappa shape index (κ1) is 24.7. The van der Waals surface area contributed by atoms with Gasteiger partial charge in [-0.3, -0.25) is 19.8 Å². The Bertz CT molecular complexity index is 1440. The highest BCUT2D eigenvalue weighted by Crippen LogP contribution is 2.59. The molecule has 1 amide bonds. The highest BCUT2D eigenvalue weighted by Gasteiger charge is 2.73. The normalized spacial score (nSPS) is 26.2. The monoisotopic (exact) mass is 601 g/mol. The lowest BCUT2D eigenvalue weighted by Crippen LogP contribution is -2.55. The van der Waals surface area contributed by atoms with Crippen LogP contribution in [0.4, 0.5) is 5.69 Å². The number of carbonyl (C=O) groups excluding carboxylic acids is 1. The Kier molecular flexibility index (Phi) is 6.18. The van der Waals surface area contributed by atoms with E-state index >= 15 is 0 Å². The molecule has 3 aromatic rings. The number of para-hydroxylation sites is 1.